The Morgan fingerprint density at radius 3 is 2.45 bits per heavy atom. The van der Waals surface area contributed by atoms with Crippen LogP contribution in [0.5, 0.6) is 0 Å². The summed E-state index contributed by atoms with van der Waals surface area (Å²) in [7, 11) is -3.51. The molecule has 1 fully saturated rings. The van der Waals surface area contributed by atoms with E-state index in [2.05, 4.69) is 5.32 Å². The second-order valence-electron chi connectivity index (χ2n) is 7.43. The molecular formula is C23H28N2O3S. The van der Waals surface area contributed by atoms with Gasteiger partial charge in [0.05, 0.1) is 4.90 Å². The molecule has 1 amide bonds. The van der Waals surface area contributed by atoms with Crippen molar-refractivity contribution >= 4 is 27.7 Å². The van der Waals surface area contributed by atoms with E-state index >= 15 is 0 Å². The lowest BCUT2D eigenvalue weighted by atomic mass is 10.0. The highest BCUT2D eigenvalue weighted by Crippen LogP contribution is 2.27. The lowest BCUT2D eigenvalue weighted by Crippen LogP contribution is -2.43. The molecule has 1 N–H and O–H groups in total. The van der Waals surface area contributed by atoms with Crippen LogP contribution < -0.4 is 5.32 Å². The Morgan fingerprint density at radius 2 is 1.79 bits per heavy atom. The van der Waals surface area contributed by atoms with Gasteiger partial charge in [0.25, 0.3) is 0 Å². The van der Waals surface area contributed by atoms with Crippen LogP contribution in [0.15, 0.2) is 59.5 Å². The van der Waals surface area contributed by atoms with Crippen molar-refractivity contribution in [3.05, 3.63) is 65.7 Å². The number of carbonyl (C=O) groups is 1. The predicted molar refractivity (Wildman–Crippen MR) is 117 cm³/mol. The van der Waals surface area contributed by atoms with E-state index in [0.717, 1.165) is 36.8 Å². The first-order chi connectivity index (χ1) is 13.9. The lowest BCUT2D eigenvalue weighted by Gasteiger charge is -2.34. The SMILES string of the molecule is CC[C@H]1CCCCN1S(=O)(=O)c1ccc(NC(=O)/C=C\c2ccc(C)cc2)cc1. The largest absolute Gasteiger partial charge is 0.323 e. The van der Waals surface area contributed by atoms with Gasteiger partial charge in [-0.05, 0) is 62.1 Å². The van der Waals surface area contributed by atoms with Crippen LogP contribution in [0.2, 0.25) is 0 Å². The molecule has 1 heterocycles. The number of aryl methyl sites for hydroxylation is 1. The highest BCUT2D eigenvalue weighted by Gasteiger charge is 2.32. The summed E-state index contributed by atoms with van der Waals surface area (Å²) < 4.78 is 27.6. The zero-order chi connectivity index (χ0) is 20.9. The number of sulfonamides is 1. The third-order valence-electron chi connectivity index (χ3n) is 5.28. The summed E-state index contributed by atoms with van der Waals surface area (Å²) >= 11 is 0. The van der Waals surface area contributed by atoms with Crippen LogP contribution in [0.3, 0.4) is 0 Å². The van der Waals surface area contributed by atoms with Crippen molar-refractivity contribution in [2.45, 2.75) is 50.5 Å². The number of nitrogens with one attached hydrogen (secondary N) is 1. The van der Waals surface area contributed by atoms with Crippen LogP contribution in [0, 0.1) is 6.92 Å². The topological polar surface area (TPSA) is 66.5 Å². The summed E-state index contributed by atoms with van der Waals surface area (Å²) in [5, 5.41) is 2.77. The zero-order valence-electron chi connectivity index (χ0n) is 17.0. The number of piperidine rings is 1. The number of hydrogen-bond donors (Lipinski definition) is 1. The van der Waals surface area contributed by atoms with E-state index in [4.69, 9.17) is 0 Å². The van der Waals surface area contributed by atoms with Crippen LogP contribution >= 0.6 is 0 Å². The van der Waals surface area contributed by atoms with Crippen LogP contribution in [0.4, 0.5) is 5.69 Å². The maximum absolute atomic E-state index is 13.0. The molecule has 29 heavy (non-hydrogen) atoms. The highest BCUT2D eigenvalue weighted by atomic mass is 32.2. The molecule has 0 aromatic heterocycles. The fourth-order valence-corrected chi connectivity index (χ4v) is 5.34. The molecule has 1 atom stereocenters. The molecule has 1 aliphatic rings. The molecule has 6 heteroatoms. The lowest BCUT2D eigenvalue weighted by molar-refractivity contribution is -0.111. The van der Waals surface area contributed by atoms with Crippen LogP contribution in [-0.2, 0) is 14.8 Å². The zero-order valence-corrected chi connectivity index (χ0v) is 17.8. The van der Waals surface area contributed by atoms with Gasteiger partial charge >= 0.3 is 0 Å². The summed E-state index contributed by atoms with van der Waals surface area (Å²) in [5.74, 6) is -0.261. The average molecular weight is 413 g/mol. The molecule has 1 aliphatic heterocycles. The van der Waals surface area contributed by atoms with Crippen molar-refractivity contribution in [2.75, 3.05) is 11.9 Å². The van der Waals surface area contributed by atoms with E-state index in [1.54, 1.807) is 34.6 Å². The van der Waals surface area contributed by atoms with E-state index in [-0.39, 0.29) is 16.8 Å². The van der Waals surface area contributed by atoms with Crippen LogP contribution in [0.25, 0.3) is 6.08 Å². The summed E-state index contributed by atoms with van der Waals surface area (Å²) in [5.41, 5.74) is 2.67. The number of nitrogens with zero attached hydrogens (tertiary/aromatic N) is 1. The van der Waals surface area contributed by atoms with E-state index in [1.165, 1.54) is 6.08 Å². The van der Waals surface area contributed by atoms with Crippen molar-refractivity contribution in [2.24, 2.45) is 0 Å². The average Bonchev–Trinajstić information content (AvgIpc) is 2.73. The van der Waals surface area contributed by atoms with E-state index < -0.39 is 10.0 Å². The normalized spacial score (nSPS) is 18.1. The van der Waals surface area contributed by atoms with Gasteiger partial charge < -0.3 is 5.32 Å². The van der Waals surface area contributed by atoms with Crippen LogP contribution in [0.1, 0.15) is 43.7 Å². The third-order valence-corrected chi connectivity index (χ3v) is 7.24. The number of carbonyl (C=O) groups excluding carboxylic acids is 1. The molecule has 0 bridgehead atoms. The second-order valence-corrected chi connectivity index (χ2v) is 9.32. The fraction of sp³-hybridized carbons (Fsp3) is 0.348. The number of anilines is 1. The Labute approximate surface area is 173 Å². The fourth-order valence-electron chi connectivity index (χ4n) is 3.58. The molecule has 0 saturated carbocycles. The van der Waals surface area contributed by atoms with Gasteiger partial charge in [-0.15, -0.1) is 0 Å². The Morgan fingerprint density at radius 1 is 1.10 bits per heavy atom. The monoisotopic (exact) mass is 412 g/mol. The molecule has 154 valence electrons. The smallest absolute Gasteiger partial charge is 0.248 e. The van der Waals surface area contributed by atoms with Gasteiger partial charge in [-0.3, -0.25) is 4.79 Å². The number of rotatable bonds is 6. The molecule has 0 unspecified atom stereocenters. The molecular weight excluding hydrogens is 384 g/mol. The number of hydrogen-bond acceptors (Lipinski definition) is 3. The minimum absolute atomic E-state index is 0.0695. The first-order valence-electron chi connectivity index (χ1n) is 10.1. The van der Waals surface area contributed by atoms with E-state index in [9.17, 15) is 13.2 Å². The number of benzene rings is 2. The van der Waals surface area contributed by atoms with Gasteiger partial charge in [-0.2, -0.15) is 4.31 Å². The van der Waals surface area contributed by atoms with E-state index in [0.29, 0.717) is 12.2 Å². The summed E-state index contributed by atoms with van der Waals surface area (Å²) in [6.45, 7) is 4.61. The Hall–Kier alpha value is -2.44. The van der Waals surface area contributed by atoms with Crippen molar-refractivity contribution in [1.82, 2.24) is 4.31 Å². The highest BCUT2D eigenvalue weighted by molar-refractivity contribution is 7.89. The minimum atomic E-state index is -3.51. The Kier molecular flexibility index (Phi) is 6.87. The molecule has 0 aliphatic carbocycles. The molecule has 3 rings (SSSR count). The Balaban J connectivity index is 1.66. The predicted octanol–water partition coefficient (Wildman–Crippen LogP) is 4.60. The molecule has 2 aromatic rings. The minimum Gasteiger partial charge on any atom is -0.323 e. The van der Waals surface area contributed by atoms with Gasteiger partial charge in [0, 0.05) is 24.4 Å². The van der Waals surface area contributed by atoms with Crippen LogP contribution in [-0.4, -0.2) is 31.2 Å². The van der Waals surface area contributed by atoms with Crippen molar-refractivity contribution in [3.8, 4) is 0 Å². The first-order valence-corrected chi connectivity index (χ1v) is 11.5. The Bertz CT molecular complexity index is 964. The quantitative estimate of drug-likeness (QED) is 0.705. The summed E-state index contributed by atoms with van der Waals surface area (Å²) in [6, 6.07) is 14.3. The number of amides is 1. The molecule has 5 nitrogen and oxygen atoms in total. The maximum atomic E-state index is 13.0. The standard InChI is InChI=1S/C23H28N2O3S/c1-3-21-6-4-5-17-25(21)29(27,28)22-14-12-20(13-15-22)24-23(26)16-11-19-9-7-18(2)8-10-19/h7-16,21H,3-6,17H2,1-2H3,(H,24,26)/b16-11-/t21-/m0/s1. The molecule has 1 saturated heterocycles. The summed E-state index contributed by atoms with van der Waals surface area (Å²) in [4.78, 5) is 12.4. The molecule has 0 spiro atoms. The first kappa shape index (κ1) is 21.3. The van der Waals surface area contributed by atoms with Crippen molar-refractivity contribution < 1.29 is 13.2 Å². The summed E-state index contributed by atoms with van der Waals surface area (Å²) in [6.07, 6.45) is 6.92. The third kappa shape index (κ3) is 5.34. The van der Waals surface area contributed by atoms with Gasteiger partial charge in [0.15, 0.2) is 0 Å². The van der Waals surface area contributed by atoms with Gasteiger partial charge in [0.2, 0.25) is 15.9 Å². The molecule has 2 aromatic carbocycles. The van der Waals surface area contributed by atoms with Gasteiger partial charge in [-0.1, -0.05) is 43.2 Å². The van der Waals surface area contributed by atoms with Gasteiger partial charge in [0.1, 0.15) is 0 Å². The van der Waals surface area contributed by atoms with E-state index in [1.807, 2.05) is 38.1 Å². The second kappa shape index (κ2) is 9.37. The maximum Gasteiger partial charge on any atom is 0.248 e. The van der Waals surface area contributed by atoms with Crippen molar-refractivity contribution in [3.63, 3.8) is 0 Å². The van der Waals surface area contributed by atoms with Gasteiger partial charge in [-0.25, -0.2) is 8.42 Å². The molecule has 0 radical (unpaired) electrons. The van der Waals surface area contributed by atoms with Crippen molar-refractivity contribution in [1.29, 1.82) is 0 Å².